The molecule has 0 bridgehead atoms. The van der Waals surface area contributed by atoms with Crippen LogP contribution in [0.5, 0.6) is 0 Å². The summed E-state index contributed by atoms with van der Waals surface area (Å²) in [5, 5.41) is 2.43. The van der Waals surface area contributed by atoms with Gasteiger partial charge in [0.25, 0.3) is 0 Å². The highest BCUT2D eigenvalue weighted by molar-refractivity contribution is 5.87. The van der Waals surface area contributed by atoms with Gasteiger partial charge in [-0.05, 0) is 31.5 Å². The van der Waals surface area contributed by atoms with Crippen molar-refractivity contribution in [3.05, 3.63) is 35.4 Å². The molecule has 17 heavy (non-hydrogen) atoms. The number of hydrogen-bond acceptors (Lipinski definition) is 2. The lowest BCUT2D eigenvalue weighted by Crippen LogP contribution is -2.38. The fourth-order valence-corrected chi connectivity index (χ4v) is 1.29. The van der Waals surface area contributed by atoms with Crippen LogP contribution in [0.15, 0.2) is 18.2 Å². The van der Waals surface area contributed by atoms with Crippen LogP contribution in [0.4, 0.5) is 8.78 Å². The molecule has 0 saturated carbocycles. The van der Waals surface area contributed by atoms with E-state index in [1.165, 1.54) is 6.92 Å². The number of ketones is 1. The van der Waals surface area contributed by atoms with E-state index >= 15 is 0 Å². The molecule has 3 nitrogen and oxygen atoms in total. The van der Waals surface area contributed by atoms with E-state index in [0.717, 1.165) is 18.2 Å². The Kier molecular flexibility index (Phi) is 4.31. The highest BCUT2D eigenvalue weighted by atomic mass is 19.1. The van der Waals surface area contributed by atoms with Gasteiger partial charge in [0.2, 0.25) is 5.91 Å². The van der Waals surface area contributed by atoms with Crippen molar-refractivity contribution in [3.8, 4) is 0 Å². The molecule has 1 unspecified atom stereocenters. The van der Waals surface area contributed by atoms with E-state index in [4.69, 9.17) is 0 Å². The Morgan fingerprint density at radius 3 is 2.24 bits per heavy atom. The van der Waals surface area contributed by atoms with Crippen molar-refractivity contribution < 1.29 is 18.4 Å². The molecule has 1 rings (SSSR count). The molecule has 0 radical (unpaired) electrons. The van der Waals surface area contributed by atoms with E-state index in [0.29, 0.717) is 0 Å². The summed E-state index contributed by atoms with van der Waals surface area (Å²) in [5.41, 5.74) is 0.232. The number of benzene rings is 1. The van der Waals surface area contributed by atoms with Crippen LogP contribution in [-0.2, 0) is 16.0 Å². The molecule has 0 saturated heterocycles. The summed E-state index contributed by atoms with van der Waals surface area (Å²) in [4.78, 5) is 22.3. The number of nitrogens with one attached hydrogen (secondary N) is 1. The van der Waals surface area contributed by atoms with Crippen LogP contribution < -0.4 is 5.32 Å². The molecule has 1 aromatic carbocycles. The van der Waals surface area contributed by atoms with Gasteiger partial charge in [0.15, 0.2) is 5.78 Å². The van der Waals surface area contributed by atoms with Gasteiger partial charge in [0.05, 0.1) is 12.5 Å². The molecule has 92 valence electrons. The number of hydrogen-bond donors (Lipinski definition) is 1. The zero-order valence-electron chi connectivity index (χ0n) is 9.59. The molecule has 0 aliphatic carbocycles. The Hall–Kier alpha value is -1.78. The Morgan fingerprint density at radius 2 is 1.76 bits per heavy atom. The first-order valence-electron chi connectivity index (χ1n) is 5.13. The molecule has 5 heteroatoms. The zero-order valence-corrected chi connectivity index (χ0v) is 9.59. The van der Waals surface area contributed by atoms with E-state index in [9.17, 15) is 18.4 Å². The summed E-state index contributed by atoms with van der Waals surface area (Å²) in [6.45, 7) is 2.90. The first kappa shape index (κ1) is 13.3. The molecular weight excluding hydrogens is 228 g/mol. The highest BCUT2D eigenvalue weighted by Gasteiger charge is 2.12. The van der Waals surface area contributed by atoms with Crippen molar-refractivity contribution in [1.29, 1.82) is 0 Å². The summed E-state index contributed by atoms with van der Waals surface area (Å²) < 4.78 is 25.7. The maximum atomic E-state index is 12.8. The average Bonchev–Trinajstić information content (AvgIpc) is 2.14. The second kappa shape index (κ2) is 5.52. The molecule has 0 heterocycles. The number of carbonyl (C=O) groups excluding carboxylic acids is 2. The van der Waals surface area contributed by atoms with Crippen LogP contribution in [0.2, 0.25) is 0 Å². The summed E-state index contributed by atoms with van der Waals surface area (Å²) in [6, 6.07) is 2.31. The number of carbonyl (C=O) groups is 2. The summed E-state index contributed by atoms with van der Waals surface area (Å²) in [5.74, 6) is -2.08. The average molecular weight is 241 g/mol. The summed E-state index contributed by atoms with van der Waals surface area (Å²) in [6.07, 6.45) is -0.160. The molecule has 1 amide bonds. The third kappa shape index (κ3) is 4.30. The molecular formula is C12H13F2NO2. The first-order valence-corrected chi connectivity index (χ1v) is 5.13. The normalized spacial score (nSPS) is 12.0. The molecule has 0 aromatic heterocycles. The van der Waals surface area contributed by atoms with Gasteiger partial charge in [0, 0.05) is 6.07 Å². The van der Waals surface area contributed by atoms with Gasteiger partial charge in [-0.15, -0.1) is 0 Å². The highest BCUT2D eigenvalue weighted by Crippen LogP contribution is 2.08. The molecule has 1 atom stereocenters. The second-order valence-electron chi connectivity index (χ2n) is 3.85. The van der Waals surface area contributed by atoms with E-state index in [-0.39, 0.29) is 17.8 Å². The Morgan fingerprint density at radius 1 is 1.24 bits per heavy atom. The van der Waals surface area contributed by atoms with Crippen LogP contribution in [0, 0.1) is 11.6 Å². The van der Waals surface area contributed by atoms with Crippen molar-refractivity contribution in [1.82, 2.24) is 5.32 Å². The lowest BCUT2D eigenvalue weighted by molar-refractivity contribution is -0.126. The van der Waals surface area contributed by atoms with Gasteiger partial charge in [-0.25, -0.2) is 8.78 Å². The summed E-state index contributed by atoms with van der Waals surface area (Å²) in [7, 11) is 0. The van der Waals surface area contributed by atoms with Gasteiger partial charge >= 0.3 is 0 Å². The monoisotopic (exact) mass is 241 g/mol. The Bertz CT molecular complexity index is 426. The minimum absolute atomic E-state index is 0.160. The minimum Gasteiger partial charge on any atom is -0.346 e. The number of amides is 1. The van der Waals surface area contributed by atoms with Gasteiger partial charge in [-0.2, -0.15) is 0 Å². The predicted octanol–water partition coefficient (Wildman–Crippen LogP) is 1.60. The molecule has 1 N–H and O–H groups in total. The molecule has 0 aliphatic rings. The smallest absolute Gasteiger partial charge is 0.224 e. The Balaban J connectivity index is 2.65. The minimum atomic E-state index is -0.729. The third-order valence-corrected chi connectivity index (χ3v) is 2.27. The van der Waals surface area contributed by atoms with Gasteiger partial charge in [-0.1, -0.05) is 0 Å². The van der Waals surface area contributed by atoms with Crippen LogP contribution in [0.3, 0.4) is 0 Å². The van der Waals surface area contributed by atoms with E-state index in [1.54, 1.807) is 6.92 Å². The van der Waals surface area contributed by atoms with Gasteiger partial charge < -0.3 is 5.32 Å². The molecule has 0 aliphatic heterocycles. The lowest BCUT2D eigenvalue weighted by atomic mass is 10.1. The molecule has 0 fully saturated rings. The predicted molar refractivity (Wildman–Crippen MR) is 58.3 cm³/mol. The van der Waals surface area contributed by atoms with Crippen molar-refractivity contribution in [3.63, 3.8) is 0 Å². The van der Waals surface area contributed by atoms with Crippen molar-refractivity contribution in [2.45, 2.75) is 26.3 Å². The summed E-state index contributed by atoms with van der Waals surface area (Å²) >= 11 is 0. The lowest BCUT2D eigenvalue weighted by Gasteiger charge is -2.10. The van der Waals surface area contributed by atoms with Crippen molar-refractivity contribution >= 4 is 11.7 Å². The fraction of sp³-hybridized carbons (Fsp3) is 0.333. The van der Waals surface area contributed by atoms with Crippen LogP contribution in [0.1, 0.15) is 19.4 Å². The SMILES string of the molecule is CC(=O)C(C)NC(=O)Cc1cc(F)cc(F)c1. The number of halogens is 2. The van der Waals surface area contributed by atoms with Crippen LogP contribution in [-0.4, -0.2) is 17.7 Å². The van der Waals surface area contributed by atoms with E-state index < -0.39 is 23.6 Å². The van der Waals surface area contributed by atoms with Crippen molar-refractivity contribution in [2.75, 3.05) is 0 Å². The Labute approximate surface area is 97.8 Å². The number of rotatable bonds is 4. The zero-order chi connectivity index (χ0) is 13.0. The second-order valence-corrected chi connectivity index (χ2v) is 3.85. The molecule has 1 aromatic rings. The van der Waals surface area contributed by atoms with Gasteiger partial charge in [0.1, 0.15) is 11.6 Å². The maximum absolute atomic E-state index is 12.8. The maximum Gasteiger partial charge on any atom is 0.224 e. The number of Topliss-reactive ketones (excluding diaryl/α,β-unsaturated/α-hetero) is 1. The topological polar surface area (TPSA) is 46.2 Å². The van der Waals surface area contributed by atoms with Crippen molar-refractivity contribution in [2.24, 2.45) is 0 Å². The third-order valence-electron chi connectivity index (χ3n) is 2.27. The molecule has 0 spiro atoms. The largest absolute Gasteiger partial charge is 0.346 e. The first-order chi connectivity index (χ1) is 7.88. The van der Waals surface area contributed by atoms with E-state index in [2.05, 4.69) is 5.32 Å². The fourth-order valence-electron chi connectivity index (χ4n) is 1.29. The van der Waals surface area contributed by atoms with Gasteiger partial charge in [-0.3, -0.25) is 9.59 Å². The van der Waals surface area contributed by atoms with E-state index in [1.807, 2.05) is 0 Å². The van der Waals surface area contributed by atoms with Crippen LogP contribution in [0.25, 0.3) is 0 Å². The quantitative estimate of drug-likeness (QED) is 0.870. The standard InChI is InChI=1S/C12H13F2NO2/c1-7(8(2)16)15-12(17)5-9-3-10(13)6-11(14)4-9/h3-4,6-7H,5H2,1-2H3,(H,15,17). The van der Waals surface area contributed by atoms with Crippen LogP contribution >= 0.6 is 0 Å².